The third-order valence-corrected chi connectivity index (χ3v) is 4.80. The van der Waals surface area contributed by atoms with Gasteiger partial charge in [0.05, 0.1) is 0 Å². The molecule has 2 aliphatic heterocycles. The molecule has 0 aliphatic carbocycles. The van der Waals surface area contributed by atoms with Crippen molar-refractivity contribution < 1.29 is 4.74 Å². The highest BCUT2D eigenvalue weighted by Crippen LogP contribution is 2.46. The van der Waals surface area contributed by atoms with Gasteiger partial charge in [-0.2, -0.15) is 0 Å². The first-order valence-electron chi connectivity index (χ1n) is 6.34. The highest BCUT2D eigenvalue weighted by molar-refractivity contribution is 9.10. The molecule has 92 valence electrons. The number of hydrogen-bond donors (Lipinski definition) is 1. The van der Waals surface area contributed by atoms with Crippen molar-refractivity contribution in [2.24, 2.45) is 5.41 Å². The van der Waals surface area contributed by atoms with Gasteiger partial charge in [0.15, 0.2) is 0 Å². The first kappa shape index (κ1) is 11.7. The molecule has 2 fully saturated rings. The summed E-state index contributed by atoms with van der Waals surface area (Å²) in [7, 11) is 0. The number of hydrogen-bond acceptors (Lipinski definition) is 2. The molecule has 0 amide bonds. The molecular formula is C14H18BrNO. The fraction of sp³-hybridized carbons (Fsp3) is 0.571. The second kappa shape index (κ2) is 4.71. The summed E-state index contributed by atoms with van der Waals surface area (Å²) in [6, 6.07) is 8.78. The Morgan fingerprint density at radius 1 is 1.29 bits per heavy atom. The van der Waals surface area contributed by atoms with Gasteiger partial charge in [-0.25, -0.2) is 0 Å². The molecule has 2 heterocycles. The van der Waals surface area contributed by atoms with E-state index in [1.165, 1.54) is 22.9 Å². The Morgan fingerprint density at radius 2 is 2.12 bits per heavy atom. The van der Waals surface area contributed by atoms with E-state index in [0.717, 1.165) is 26.3 Å². The topological polar surface area (TPSA) is 21.3 Å². The smallest absolute Gasteiger partial charge is 0.0472 e. The summed E-state index contributed by atoms with van der Waals surface area (Å²) in [5, 5.41) is 3.58. The Hall–Kier alpha value is -0.380. The second-order valence-electron chi connectivity index (χ2n) is 5.21. The maximum atomic E-state index is 5.53. The molecule has 3 rings (SSSR count). The van der Waals surface area contributed by atoms with Crippen molar-refractivity contribution in [2.75, 3.05) is 26.3 Å². The van der Waals surface area contributed by atoms with Crippen LogP contribution in [0, 0.1) is 5.41 Å². The van der Waals surface area contributed by atoms with Crippen LogP contribution >= 0.6 is 15.9 Å². The molecule has 2 aliphatic rings. The van der Waals surface area contributed by atoms with Gasteiger partial charge in [-0.3, -0.25) is 0 Å². The molecule has 2 saturated heterocycles. The molecule has 1 aromatic rings. The monoisotopic (exact) mass is 295 g/mol. The number of benzene rings is 1. The van der Waals surface area contributed by atoms with Gasteiger partial charge in [-0.15, -0.1) is 0 Å². The molecule has 1 unspecified atom stereocenters. The van der Waals surface area contributed by atoms with Gasteiger partial charge in [-0.05, 0) is 36.0 Å². The first-order valence-corrected chi connectivity index (χ1v) is 7.13. The Bertz CT molecular complexity index is 401. The van der Waals surface area contributed by atoms with E-state index in [-0.39, 0.29) is 0 Å². The fourth-order valence-electron chi connectivity index (χ4n) is 3.30. The van der Waals surface area contributed by atoms with Crippen LogP contribution in [0.1, 0.15) is 24.3 Å². The molecular weight excluding hydrogens is 278 g/mol. The van der Waals surface area contributed by atoms with Crippen molar-refractivity contribution in [1.82, 2.24) is 5.32 Å². The minimum atomic E-state index is 0.430. The van der Waals surface area contributed by atoms with E-state index in [1.54, 1.807) is 0 Å². The van der Waals surface area contributed by atoms with Gasteiger partial charge >= 0.3 is 0 Å². The average molecular weight is 296 g/mol. The normalized spacial score (nSPS) is 27.5. The zero-order chi connectivity index (χ0) is 11.7. The van der Waals surface area contributed by atoms with Crippen LogP contribution in [0.15, 0.2) is 28.7 Å². The summed E-state index contributed by atoms with van der Waals surface area (Å²) in [5.74, 6) is 0.642. The second-order valence-corrected chi connectivity index (χ2v) is 6.13. The molecule has 3 heteroatoms. The Morgan fingerprint density at radius 3 is 2.88 bits per heavy atom. The van der Waals surface area contributed by atoms with Gasteiger partial charge in [0.25, 0.3) is 0 Å². The van der Waals surface area contributed by atoms with E-state index in [2.05, 4.69) is 45.5 Å². The van der Waals surface area contributed by atoms with Crippen LogP contribution in [0.3, 0.4) is 0 Å². The van der Waals surface area contributed by atoms with Crippen LogP contribution in [0.4, 0.5) is 0 Å². The van der Waals surface area contributed by atoms with Crippen molar-refractivity contribution in [2.45, 2.75) is 18.8 Å². The summed E-state index contributed by atoms with van der Waals surface area (Å²) in [6.45, 7) is 4.10. The lowest BCUT2D eigenvalue weighted by atomic mass is 9.69. The van der Waals surface area contributed by atoms with Crippen LogP contribution in [0.25, 0.3) is 0 Å². The molecule has 1 N–H and O–H groups in total. The van der Waals surface area contributed by atoms with E-state index in [9.17, 15) is 0 Å². The van der Waals surface area contributed by atoms with Gasteiger partial charge in [0, 0.05) is 36.7 Å². The summed E-state index contributed by atoms with van der Waals surface area (Å²) < 4.78 is 6.71. The Kier molecular flexibility index (Phi) is 3.24. The summed E-state index contributed by atoms with van der Waals surface area (Å²) in [6.07, 6.45) is 2.38. The molecule has 17 heavy (non-hydrogen) atoms. The fourth-order valence-corrected chi connectivity index (χ4v) is 3.72. The number of ether oxygens (including phenoxy) is 1. The summed E-state index contributed by atoms with van der Waals surface area (Å²) >= 11 is 3.58. The van der Waals surface area contributed by atoms with Crippen LogP contribution in [-0.4, -0.2) is 26.3 Å². The van der Waals surface area contributed by atoms with Crippen molar-refractivity contribution in [3.05, 3.63) is 34.3 Å². The molecule has 1 aromatic carbocycles. The van der Waals surface area contributed by atoms with Gasteiger partial charge in [0.2, 0.25) is 0 Å². The van der Waals surface area contributed by atoms with E-state index in [0.29, 0.717) is 11.3 Å². The predicted octanol–water partition coefficient (Wildman–Crippen LogP) is 2.93. The van der Waals surface area contributed by atoms with Crippen molar-refractivity contribution in [1.29, 1.82) is 0 Å². The maximum Gasteiger partial charge on any atom is 0.0472 e. The minimum Gasteiger partial charge on any atom is -0.381 e. The lowest BCUT2D eigenvalue weighted by Crippen LogP contribution is -2.35. The average Bonchev–Trinajstić information content (AvgIpc) is 2.73. The Balaban J connectivity index is 1.91. The standard InChI is InChI=1S/C14H18BrNO/c15-12-3-1-2-11(8-12)13-9-16-10-14(13)4-6-17-7-5-14/h1-3,8,13,16H,4-7,9-10H2. The van der Waals surface area contributed by atoms with Gasteiger partial charge < -0.3 is 10.1 Å². The van der Waals surface area contributed by atoms with Crippen LogP contribution < -0.4 is 5.32 Å². The van der Waals surface area contributed by atoms with Crippen LogP contribution in [0.2, 0.25) is 0 Å². The van der Waals surface area contributed by atoms with E-state index < -0.39 is 0 Å². The number of halogens is 1. The largest absolute Gasteiger partial charge is 0.381 e. The third kappa shape index (κ3) is 2.16. The van der Waals surface area contributed by atoms with Crippen molar-refractivity contribution >= 4 is 15.9 Å². The Labute approximate surface area is 111 Å². The maximum absolute atomic E-state index is 5.53. The lowest BCUT2D eigenvalue weighted by Gasteiger charge is -2.38. The van der Waals surface area contributed by atoms with Crippen molar-refractivity contribution in [3.63, 3.8) is 0 Å². The SMILES string of the molecule is Brc1cccc(C2CNCC23CCOCC3)c1. The lowest BCUT2D eigenvalue weighted by molar-refractivity contribution is 0.0165. The molecule has 1 spiro atoms. The predicted molar refractivity (Wildman–Crippen MR) is 72.2 cm³/mol. The summed E-state index contributed by atoms with van der Waals surface area (Å²) in [5.41, 5.74) is 1.89. The van der Waals surface area contributed by atoms with E-state index in [4.69, 9.17) is 4.74 Å². The van der Waals surface area contributed by atoms with Crippen LogP contribution in [0.5, 0.6) is 0 Å². The number of nitrogens with one attached hydrogen (secondary N) is 1. The molecule has 0 aromatic heterocycles. The molecule has 0 saturated carbocycles. The summed E-state index contributed by atoms with van der Waals surface area (Å²) in [4.78, 5) is 0. The zero-order valence-corrected chi connectivity index (χ0v) is 11.5. The highest BCUT2D eigenvalue weighted by atomic mass is 79.9. The van der Waals surface area contributed by atoms with E-state index in [1.807, 2.05) is 0 Å². The molecule has 0 bridgehead atoms. The van der Waals surface area contributed by atoms with Crippen molar-refractivity contribution in [3.8, 4) is 0 Å². The molecule has 2 nitrogen and oxygen atoms in total. The van der Waals surface area contributed by atoms with Gasteiger partial charge in [-0.1, -0.05) is 28.1 Å². The van der Waals surface area contributed by atoms with E-state index >= 15 is 0 Å². The number of rotatable bonds is 1. The highest BCUT2D eigenvalue weighted by Gasteiger charge is 2.44. The molecule has 1 atom stereocenters. The third-order valence-electron chi connectivity index (χ3n) is 4.30. The quantitative estimate of drug-likeness (QED) is 0.860. The zero-order valence-electron chi connectivity index (χ0n) is 9.92. The van der Waals surface area contributed by atoms with Crippen LogP contribution in [-0.2, 0) is 4.74 Å². The minimum absolute atomic E-state index is 0.430. The first-order chi connectivity index (χ1) is 8.30. The molecule has 0 radical (unpaired) electrons. The van der Waals surface area contributed by atoms with Gasteiger partial charge in [0.1, 0.15) is 0 Å².